The molecule has 3 aromatic rings. The van der Waals surface area contributed by atoms with Gasteiger partial charge in [-0.1, -0.05) is 49.7 Å². The Bertz CT molecular complexity index is 1280. The van der Waals surface area contributed by atoms with Crippen molar-refractivity contribution < 1.29 is 29.1 Å². The third-order valence-corrected chi connectivity index (χ3v) is 6.50. The van der Waals surface area contributed by atoms with E-state index in [0.29, 0.717) is 29.3 Å². The zero-order valence-corrected chi connectivity index (χ0v) is 19.7. The molecule has 2 amide bonds. The summed E-state index contributed by atoms with van der Waals surface area (Å²) in [6.07, 6.45) is 0.872. The second-order valence-corrected chi connectivity index (χ2v) is 8.76. The molecule has 1 N–H and O–H groups in total. The zero-order valence-electron chi connectivity index (χ0n) is 19.7. The van der Waals surface area contributed by atoms with E-state index in [1.54, 1.807) is 54.6 Å². The summed E-state index contributed by atoms with van der Waals surface area (Å²) in [5.41, 5.74) is 1.50. The van der Waals surface area contributed by atoms with Gasteiger partial charge in [-0.15, -0.1) is 0 Å². The van der Waals surface area contributed by atoms with Crippen molar-refractivity contribution in [2.75, 3.05) is 16.6 Å². The van der Waals surface area contributed by atoms with Gasteiger partial charge < -0.3 is 9.84 Å². The molecule has 3 aromatic carbocycles. The number of amides is 2. The Kier molecular flexibility index (Phi) is 6.43. The minimum Gasteiger partial charge on any atom is -0.494 e. The molecule has 0 spiro atoms. The molecule has 0 bridgehead atoms. The molecular weight excluding hydrogens is 460 g/mol. The third kappa shape index (κ3) is 4.09. The first-order valence-corrected chi connectivity index (χ1v) is 11.9. The SMILES string of the molecule is CCCCOc1ccc(N2C(=O)[C@@H]3[C@H](ON(c4ccccc4)[C@@H]3c3ccccc3C(=O)O)C2=O)cc1. The van der Waals surface area contributed by atoms with Crippen LogP contribution < -0.4 is 14.7 Å². The van der Waals surface area contributed by atoms with Crippen LogP contribution >= 0.6 is 0 Å². The van der Waals surface area contributed by atoms with Gasteiger partial charge in [0, 0.05) is 0 Å². The number of hydroxylamine groups is 1. The number of ether oxygens (including phenoxy) is 1. The summed E-state index contributed by atoms with van der Waals surface area (Å²) >= 11 is 0. The number of nitrogens with zero attached hydrogens (tertiary/aromatic N) is 2. The molecule has 8 heteroatoms. The standard InChI is InChI=1S/C28H26N2O6/c1-2-3-17-35-20-15-13-18(14-16-20)29-26(31)23-24(21-11-7-8-12-22(21)28(33)34)30(36-25(23)27(29)32)19-9-5-4-6-10-19/h4-16,23-25H,2-3,17H2,1H3,(H,33,34)/t23-,24+,25-/m0/s1. The summed E-state index contributed by atoms with van der Waals surface area (Å²) in [4.78, 5) is 46.5. The number of carboxylic acid groups (broad SMARTS) is 1. The topological polar surface area (TPSA) is 96.4 Å². The van der Waals surface area contributed by atoms with E-state index in [2.05, 4.69) is 6.92 Å². The van der Waals surface area contributed by atoms with Gasteiger partial charge in [0.25, 0.3) is 5.91 Å². The van der Waals surface area contributed by atoms with Crippen molar-refractivity contribution in [3.63, 3.8) is 0 Å². The number of unbranched alkanes of at least 4 members (excludes halogenated alkanes) is 1. The van der Waals surface area contributed by atoms with E-state index in [9.17, 15) is 19.5 Å². The van der Waals surface area contributed by atoms with E-state index in [1.165, 1.54) is 11.1 Å². The quantitative estimate of drug-likeness (QED) is 0.367. The van der Waals surface area contributed by atoms with Crippen molar-refractivity contribution >= 4 is 29.2 Å². The lowest BCUT2D eigenvalue weighted by atomic mass is 9.88. The van der Waals surface area contributed by atoms with E-state index in [0.717, 1.165) is 17.7 Å². The van der Waals surface area contributed by atoms with Gasteiger partial charge in [0.2, 0.25) is 5.91 Å². The van der Waals surface area contributed by atoms with Crippen LogP contribution in [0.15, 0.2) is 78.9 Å². The first kappa shape index (κ1) is 23.6. The lowest BCUT2D eigenvalue weighted by Gasteiger charge is -2.29. The molecule has 2 fully saturated rings. The number of fused-ring (bicyclic) bond motifs is 1. The van der Waals surface area contributed by atoms with Crippen LogP contribution in [0.2, 0.25) is 0 Å². The molecule has 8 nitrogen and oxygen atoms in total. The van der Waals surface area contributed by atoms with Crippen LogP contribution in [0.5, 0.6) is 5.75 Å². The Morgan fingerprint density at radius 3 is 2.31 bits per heavy atom. The van der Waals surface area contributed by atoms with Crippen LogP contribution in [0.1, 0.15) is 41.7 Å². The molecule has 2 aliphatic rings. The van der Waals surface area contributed by atoms with Crippen LogP contribution in [0, 0.1) is 5.92 Å². The first-order chi connectivity index (χ1) is 17.5. The zero-order chi connectivity index (χ0) is 25.2. The van der Waals surface area contributed by atoms with Crippen LogP contribution in [0.4, 0.5) is 11.4 Å². The maximum atomic E-state index is 13.8. The Hall–Kier alpha value is -4.17. The molecular formula is C28H26N2O6. The van der Waals surface area contributed by atoms with Crippen molar-refractivity contribution in [3.8, 4) is 5.75 Å². The molecule has 0 saturated carbocycles. The van der Waals surface area contributed by atoms with Crippen LogP contribution in [-0.4, -0.2) is 35.6 Å². The maximum Gasteiger partial charge on any atom is 0.336 e. The molecule has 5 rings (SSSR count). The van der Waals surface area contributed by atoms with Gasteiger partial charge in [0.15, 0.2) is 6.10 Å². The molecule has 0 unspecified atom stereocenters. The fourth-order valence-electron chi connectivity index (χ4n) is 4.76. The smallest absolute Gasteiger partial charge is 0.336 e. The van der Waals surface area contributed by atoms with Gasteiger partial charge in [-0.2, -0.15) is 0 Å². The van der Waals surface area contributed by atoms with E-state index in [-0.39, 0.29) is 5.56 Å². The van der Waals surface area contributed by atoms with Gasteiger partial charge >= 0.3 is 5.97 Å². The van der Waals surface area contributed by atoms with Crippen molar-refractivity contribution in [3.05, 3.63) is 90.0 Å². The number of para-hydroxylation sites is 1. The normalized spacial score (nSPS) is 21.1. The minimum atomic E-state index is -1.12. The Balaban J connectivity index is 1.51. The van der Waals surface area contributed by atoms with Crippen molar-refractivity contribution in [1.29, 1.82) is 0 Å². The summed E-state index contributed by atoms with van der Waals surface area (Å²) in [5.74, 6) is -2.30. The predicted molar refractivity (Wildman–Crippen MR) is 133 cm³/mol. The fourth-order valence-corrected chi connectivity index (χ4v) is 4.76. The van der Waals surface area contributed by atoms with Gasteiger partial charge in [-0.25, -0.2) is 14.8 Å². The first-order valence-electron chi connectivity index (χ1n) is 11.9. The highest BCUT2D eigenvalue weighted by Crippen LogP contribution is 2.48. The number of hydrogen-bond donors (Lipinski definition) is 1. The Morgan fingerprint density at radius 2 is 1.61 bits per heavy atom. The average molecular weight is 487 g/mol. The average Bonchev–Trinajstić information content (AvgIpc) is 3.41. The van der Waals surface area contributed by atoms with Crippen LogP contribution in [-0.2, 0) is 14.4 Å². The lowest BCUT2D eigenvalue weighted by molar-refractivity contribution is -0.126. The van der Waals surface area contributed by atoms with Gasteiger partial charge in [-0.3, -0.25) is 14.4 Å². The predicted octanol–water partition coefficient (Wildman–Crippen LogP) is 4.61. The second-order valence-electron chi connectivity index (χ2n) is 8.76. The van der Waals surface area contributed by atoms with Crippen molar-refractivity contribution in [1.82, 2.24) is 0 Å². The second kappa shape index (κ2) is 9.83. The molecule has 0 aromatic heterocycles. The van der Waals surface area contributed by atoms with Gasteiger partial charge in [0.05, 0.1) is 29.6 Å². The lowest BCUT2D eigenvalue weighted by Crippen LogP contribution is -2.37. The minimum absolute atomic E-state index is 0.0555. The number of carbonyl (C=O) groups excluding carboxylic acids is 2. The van der Waals surface area contributed by atoms with Gasteiger partial charge in [0.1, 0.15) is 11.7 Å². The molecule has 0 aliphatic carbocycles. The largest absolute Gasteiger partial charge is 0.494 e. The van der Waals surface area contributed by atoms with E-state index >= 15 is 0 Å². The number of aromatic carboxylic acids is 1. The van der Waals surface area contributed by atoms with Crippen molar-refractivity contribution in [2.24, 2.45) is 5.92 Å². The number of imide groups is 1. The summed E-state index contributed by atoms with van der Waals surface area (Å²) in [5, 5.41) is 11.3. The monoisotopic (exact) mass is 486 g/mol. The molecule has 2 heterocycles. The third-order valence-electron chi connectivity index (χ3n) is 6.50. The van der Waals surface area contributed by atoms with E-state index < -0.39 is 35.8 Å². The summed E-state index contributed by atoms with van der Waals surface area (Å²) in [7, 11) is 0. The van der Waals surface area contributed by atoms with Crippen LogP contribution in [0.3, 0.4) is 0 Å². The Morgan fingerprint density at radius 1 is 0.917 bits per heavy atom. The van der Waals surface area contributed by atoms with E-state index in [4.69, 9.17) is 9.57 Å². The number of benzene rings is 3. The summed E-state index contributed by atoms with van der Waals surface area (Å²) < 4.78 is 5.69. The van der Waals surface area contributed by atoms with Gasteiger partial charge in [-0.05, 0) is 54.4 Å². The number of rotatable bonds is 8. The van der Waals surface area contributed by atoms with E-state index in [1.807, 2.05) is 18.2 Å². The maximum absolute atomic E-state index is 13.8. The van der Waals surface area contributed by atoms with Crippen LogP contribution in [0.25, 0.3) is 0 Å². The molecule has 184 valence electrons. The highest BCUT2D eigenvalue weighted by molar-refractivity contribution is 6.24. The number of anilines is 2. The number of carbonyl (C=O) groups is 3. The molecule has 0 radical (unpaired) electrons. The summed E-state index contributed by atoms with van der Waals surface area (Å²) in [6, 6.07) is 21.6. The van der Waals surface area contributed by atoms with Crippen molar-refractivity contribution in [2.45, 2.75) is 31.9 Å². The molecule has 2 saturated heterocycles. The summed E-state index contributed by atoms with van der Waals surface area (Å²) in [6.45, 7) is 2.67. The molecule has 2 aliphatic heterocycles. The number of hydrogen-bond acceptors (Lipinski definition) is 6. The molecule has 36 heavy (non-hydrogen) atoms. The highest BCUT2D eigenvalue weighted by atomic mass is 16.7. The Labute approximate surface area is 208 Å². The fraction of sp³-hybridized carbons (Fsp3) is 0.250. The highest BCUT2D eigenvalue weighted by Gasteiger charge is 2.60. The number of carboxylic acids is 1. The molecule has 3 atom stereocenters.